The van der Waals surface area contributed by atoms with E-state index in [1.165, 1.54) is 4.90 Å². The van der Waals surface area contributed by atoms with E-state index in [9.17, 15) is 19.8 Å². The third-order valence-electron chi connectivity index (χ3n) is 5.63. The molecular weight excluding hydrogens is 422 g/mol. The number of H-pyrrole nitrogens is 1. The zero-order chi connectivity index (χ0) is 23.8. The second-order valence-electron chi connectivity index (χ2n) is 8.06. The molecule has 0 spiro atoms. The number of nitrogens with zero attached hydrogens (tertiary/aromatic N) is 4. The van der Waals surface area contributed by atoms with Crippen LogP contribution >= 0.6 is 0 Å². The van der Waals surface area contributed by atoms with Crippen LogP contribution in [0.1, 0.15) is 38.7 Å². The Balaban J connectivity index is 1.88. The molecule has 1 aromatic heterocycles. The third-order valence-corrected chi connectivity index (χ3v) is 5.63. The number of carboxylic acids is 1. The minimum absolute atomic E-state index is 0.151. The quantitative estimate of drug-likeness (QED) is 0.408. The molecule has 1 unspecified atom stereocenters. The topological polar surface area (TPSA) is 132 Å². The fourth-order valence-electron chi connectivity index (χ4n) is 3.80. The van der Waals surface area contributed by atoms with E-state index < -0.39 is 17.9 Å². The smallest absolute Gasteiger partial charge is 0.326 e. The molecule has 0 aliphatic heterocycles. The number of aliphatic carboxylic acids is 1. The highest BCUT2D eigenvalue weighted by atomic mass is 16.4. The molecule has 1 heterocycles. The Labute approximate surface area is 192 Å². The number of benzene rings is 2. The number of hydrogen-bond acceptors (Lipinski definition) is 6. The monoisotopic (exact) mass is 451 g/mol. The van der Waals surface area contributed by atoms with Crippen LogP contribution in [0.2, 0.25) is 0 Å². The number of carbonyl (C=O) groups is 2. The fourth-order valence-corrected chi connectivity index (χ4v) is 3.80. The SMILES string of the molecule is CCCCC(=O)N(Cc1ccc(-c2ccccc2-c2nnn[nH]2)cc1)[C@H](C(=O)O)C(C)CO. The van der Waals surface area contributed by atoms with Crippen LogP contribution in [0, 0.1) is 5.92 Å². The van der Waals surface area contributed by atoms with E-state index >= 15 is 0 Å². The van der Waals surface area contributed by atoms with E-state index in [0.717, 1.165) is 28.7 Å². The van der Waals surface area contributed by atoms with Crippen LogP contribution in [0.25, 0.3) is 22.5 Å². The van der Waals surface area contributed by atoms with Gasteiger partial charge in [-0.2, -0.15) is 0 Å². The fraction of sp³-hybridized carbons (Fsp3) is 0.375. The molecule has 0 fully saturated rings. The number of aliphatic hydroxyl groups excluding tert-OH is 1. The van der Waals surface area contributed by atoms with Gasteiger partial charge < -0.3 is 15.1 Å². The van der Waals surface area contributed by atoms with Gasteiger partial charge in [-0.1, -0.05) is 68.8 Å². The number of aromatic amines is 1. The van der Waals surface area contributed by atoms with E-state index in [0.29, 0.717) is 12.2 Å². The molecule has 2 aromatic carbocycles. The first-order valence-electron chi connectivity index (χ1n) is 11.0. The Bertz CT molecular complexity index is 1050. The molecule has 0 bridgehead atoms. The molecule has 3 N–H and O–H groups in total. The molecule has 1 amide bonds. The van der Waals surface area contributed by atoms with Gasteiger partial charge in [0, 0.05) is 31.1 Å². The summed E-state index contributed by atoms with van der Waals surface area (Å²) >= 11 is 0. The molecule has 0 aliphatic rings. The van der Waals surface area contributed by atoms with Gasteiger partial charge in [0.1, 0.15) is 6.04 Å². The van der Waals surface area contributed by atoms with Crippen molar-refractivity contribution in [3.05, 3.63) is 54.1 Å². The zero-order valence-electron chi connectivity index (χ0n) is 18.8. The van der Waals surface area contributed by atoms with Crippen molar-refractivity contribution in [1.82, 2.24) is 25.5 Å². The minimum Gasteiger partial charge on any atom is -0.480 e. The van der Waals surface area contributed by atoms with Crippen molar-refractivity contribution in [2.75, 3.05) is 6.61 Å². The summed E-state index contributed by atoms with van der Waals surface area (Å²) in [5.74, 6) is -1.37. The first kappa shape index (κ1) is 24.1. The number of nitrogens with one attached hydrogen (secondary N) is 1. The van der Waals surface area contributed by atoms with Gasteiger partial charge in [0.05, 0.1) is 0 Å². The highest BCUT2D eigenvalue weighted by Crippen LogP contribution is 2.30. The second kappa shape index (κ2) is 11.3. The zero-order valence-corrected chi connectivity index (χ0v) is 18.8. The number of amides is 1. The lowest BCUT2D eigenvalue weighted by Gasteiger charge is -2.32. The highest BCUT2D eigenvalue weighted by Gasteiger charge is 2.33. The van der Waals surface area contributed by atoms with Crippen LogP contribution in [0.4, 0.5) is 0 Å². The van der Waals surface area contributed by atoms with E-state index in [-0.39, 0.29) is 25.5 Å². The van der Waals surface area contributed by atoms with Crippen molar-refractivity contribution in [2.24, 2.45) is 5.92 Å². The maximum Gasteiger partial charge on any atom is 0.326 e. The molecular formula is C24H29N5O4. The van der Waals surface area contributed by atoms with Gasteiger partial charge in [-0.15, -0.1) is 5.10 Å². The molecule has 2 atom stereocenters. The van der Waals surface area contributed by atoms with Crippen LogP contribution in [0.3, 0.4) is 0 Å². The molecule has 9 nitrogen and oxygen atoms in total. The van der Waals surface area contributed by atoms with Crippen molar-refractivity contribution < 1.29 is 19.8 Å². The molecule has 3 rings (SSSR count). The Kier molecular flexibility index (Phi) is 8.26. The molecule has 0 radical (unpaired) electrons. The van der Waals surface area contributed by atoms with Crippen molar-refractivity contribution in [2.45, 2.75) is 45.7 Å². The lowest BCUT2D eigenvalue weighted by atomic mass is 9.97. The summed E-state index contributed by atoms with van der Waals surface area (Å²) in [6.07, 6.45) is 1.79. The Morgan fingerprint density at radius 1 is 1.09 bits per heavy atom. The van der Waals surface area contributed by atoms with Crippen molar-refractivity contribution in [3.63, 3.8) is 0 Å². The third kappa shape index (κ3) is 5.81. The van der Waals surface area contributed by atoms with Gasteiger partial charge in [-0.05, 0) is 33.5 Å². The van der Waals surface area contributed by atoms with Crippen molar-refractivity contribution in [3.8, 4) is 22.5 Å². The van der Waals surface area contributed by atoms with Gasteiger partial charge in [0.2, 0.25) is 5.91 Å². The average Bonchev–Trinajstić information content (AvgIpc) is 3.37. The van der Waals surface area contributed by atoms with Gasteiger partial charge >= 0.3 is 5.97 Å². The van der Waals surface area contributed by atoms with E-state index in [4.69, 9.17) is 0 Å². The Morgan fingerprint density at radius 3 is 2.36 bits per heavy atom. The lowest BCUT2D eigenvalue weighted by Crippen LogP contribution is -2.49. The number of carboxylic acid groups (broad SMARTS) is 1. The molecule has 0 saturated carbocycles. The predicted molar refractivity (Wildman–Crippen MR) is 123 cm³/mol. The lowest BCUT2D eigenvalue weighted by molar-refractivity contribution is -0.154. The summed E-state index contributed by atoms with van der Waals surface area (Å²) in [5, 5.41) is 33.4. The van der Waals surface area contributed by atoms with E-state index in [1.54, 1.807) is 6.92 Å². The maximum absolute atomic E-state index is 12.9. The summed E-state index contributed by atoms with van der Waals surface area (Å²) in [4.78, 5) is 26.2. The van der Waals surface area contributed by atoms with Crippen molar-refractivity contribution in [1.29, 1.82) is 0 Å². The summed E-state index contributed by atoms with van der Waals surface area (Å²) in [6.45, 7) is 3.45. The number of hydrogen-bond donors (Lipinski definition) is 3. The first-order chi connectivity index (χ1) is 16.0. The van der Waals surface area contributed by atoms with E-state index in [1.807, 2.05) is 55.5 Å². The van der Waals surface area contributed by atoms with Gasteiger partial charge in [-0.25, -0.2) is 9.89 Å². The van der Waals surface area contributed by atoms with Crippen LogP contribution in [0.15, 0.2) is 48.5 Å². The van der Waals surface area contributed by atoms with Crippen molar-refractivity contribution >= 4 is 11.9 Å². The number of tetrazole rings is 1. The van der Waals surface area contributed by atoms with Gasteiger partial charge in [-0.3, -0.25) is 4.79 Å². The highest BCUT2D eigenvalue weighted by molar-refractivity contribution is 5.84. The first-order valence-corrected chi connectivity index (χ1v) is 11.0. The Hall–Kier alpha value is -3.59. The minimum atomic E-state index is -1.12. The van der Waals surface area contributed by atoms with Crippen LogP contribution in [-0.2, 0) is 16.1 Å². The molecule has 0 aliphatic carbocycles. The summed E-state index contributed by atoms with van der Waals surface area (Å²) < 4.78 is 0. The Morgan fingerprint density at radius 2 is 1.79 bits per heavy atom. The second-order valence-corrected chi connectivity index (χ2v) is 8.06. The molecule has 174 valence electrons. The van der Waals surface area contributed by atoms with Crippen LogP contribution in [-0.4, -0.2) is 60.3 Å². The number of aliphatic hydroxyl groups is 1. The van der Waals surface area contributed by atoms with Crippen LogP contribution in [0.5, 0.6) is 0 Å². The molecule has 9 heteroatoms. The summed E-state index contributed by atoms with van der Waals surface area (Å²) in [5.41, 5.74) is 3.54. The summed E-state index contributed by atoms with van der Waals surface area (Å²) in [7, 11) is 0. The standard InChI is InChI=1S/C24H29N5O4/c1-3-4-9-21(31)29(22(24(32)33)16(2)15-30)14-17-10-12-18(13-11-17)19-7-5-6-8-20(19)23-25-27-28-26-23/h5-8,10-13,16,22,30H,3-4,9,14-15H2,1-2H3,(H,32,33)(H,25,26,27,28)/t16?,22-/m0/s1. The normalized spacial score (nSPS) is 12.8. The number of rotatable bonds is 11. The maximum atomic E-state index is 12.9. The molecule has 33 heavy (non-hydrogen) atoms. The average molecular weight is 452 g/mol. The molecule has 3 aromatic rings. The van der Waals surface area contributed by atoms with Gasteiger partial charge in [0.15, 0.2) is 5.82 Å². The number of carbonyl (C=O) groups excluding carboxylic acids is 1. The number of unbranched alkanes of at least 4 members (excludes halogenated alkanes) is 1. The van der Waals surface area contributed by atoms with Crippen LogP contribution < -0.4 is 0 Å². The van der Waals surface area contributed by atoms with Gasteiger partial charge in [0.25, 0.3) is 0 Å². The van der Waals surface area contributed by atoms with E-state index in [2.05, 4.69) is 20.6 Å². The molecule has 0 saturated heterocycles. The largest absolute Gasteiger partial charge is 0.480 e. The predicted octanol–water partition coefficient (Wildman–Crippen LogP) is 3.13. The summed E-state index contributed by atoms with van der Waals surface area (Å²) in [6, 6.07) is 14.3. The number of aromatic nitrogens is 4.